The van der Waals surface area contributed by atoms with Crippen LogP contribution in [0.3, 0.4) is 0 Å². The molecule has 0 aliphatic heterocycles. The van der Waals surface area contributed by atoms with E-state index in [2.05, 4.69) is 40.3 Å². The molecule has 0 radical (unpaired) electrons. The first-order valence-corrected chi connectivity index (χ1v) is 7.27. The molecule has 0 aliphatic carbocycles. The van der Waals surface area contributed by atoms with E-state index in [9.17, 15) is 0 Å². The van der Waals surface area contributed by atoms with E-state index in [1.807, 2.05) is 13.0 Å². The number of hydrogen-bond acceptors (Lipinski definition) is 5. The Balaban J connectivity index is 2.18. The summed E-state index contributed by atoms with van der Waals surface area (Å²) in [6.45, 7) is 5.56. The zero-order chi connectivity index (χ0) is 13.8. The standard InChI is InChI=1S/C14H20N4S/c1-10-5-7-19-13(10)9-18(3)14-8-12(4-6-15)16-11(2)17-14/h5,7-8H,4,6,9,15H2,1-3H3. The summed E-state index contributed by atoms with van der Waals surface area (Å²) in [5.41, 5.74) is 7.95. The number of aromatic nitrogens is 2. The number of aryl methyl sites for hydroxylation is 2. The first-order valence-electron chi connectivity index (χ1n) is 6.39. The summed E-state index contributed by atoms with van der Waals surface area (Å²) in [6.07, 6.45) is 0.794. The minimum Gasteiger partial charge on any atom is -0.354 e. The van der Waals surface area contributed by atoms with Gasteiger partial charge >= 0.3 is 0 Å². The highest BCUT2D eigenvalue weighted by atomic mass is 32.1. The fraction of sp³-hybridized carbons (Fsp3) is 0.429. The van der Waals surface area contributed by atoms with Gasteiger partial charge in [0, 0.05) is 30.1 Å². The molecule has 0 spiro atoms. The molecule has 2 aromatic rings. The molecule has 0 unspecified atom stereocenters. The number of nitrogens with zero attached hydrogens (tertiary/aromatic N) is 3. The van der Waals surface area contributed by atoms with Gasteiger partial charge in [0.15, 0.2) is 0 Å². The van der Waals surface area contributed by atoms with Gasteiger partial charge in [0.25, 0.3) is 0 Å². The SMILES string of the molecule is Cc1nc(CCN)cc(N(C)Cc2sccc2C)n1. The Morgan fingerprint density at radius 2 is 2.11 bits per heavy atom. The molecular formula is C14H20N4S. The molecular weight excluding hydrogens is 256 g/mol. The molecule has 0 aromatic carbocycles. The van der Waals surface area contributed by atoms with E-state index < -0.39 is 0 Å². The van der Waals surface area contributed by atoms with Crippen LogP contribution in [0.4, 0.5) is 5.82 Å². The van der Waals surface area contributed by atoms with Gasteiger partial charge in [-0.3, -0.25) is 0 Å². The van der Waals surface area contributed by atoms with Crippen molar-refractivity contribution in [3.8, 4) is 0 Å². The van der Waals surface area contributed by atoms with Gasteiger partial charge in [0.2, 0.25) is 0 Å². The highest BCUT2D eigenvalue weighted by molar-refractivity contribution is 7.10. The zero-order valence-electron chi connectivity index (χ0n) is 11.7. The molecule has 5 heteroatoms. The van der Waals surface area contributed by atoms with Crippen LogP contribution in [-0.2, 0) is 13.0 Å². The lowest BCUT2D eigenvalue weighted by molar-refractivity contribution is 0.849. The van der Waals surface area contributed by atoms with Crippen LogP contribution in [0.1, 0.15) is 22.0 Å². The predicted molar refractivity (Wildman–Crippen MR) is 80.7 cm³/mol. The van der Waals surface area contributed by atoms with Crippen molar-refractivity contribution in [3.05, 3.63) is 39.5 Å². The smallest absolute Gasteiger partial charge is 0.132 e. The minimum absolute atomic E-state index is 0.615. The Morgan fingerprint density at radius 1 is 1.32 bits per heavy atom. The van der Waals surface area contributed by atoms with E-state index >= 15 is 0 Å². The fourth-order valence-corrected chi connectivity index (χ4v) is 2.90. The number of hydrogen-bond donors (Lipinski definition) is 1. The topological polar surface area (TPSA) is 55.0 Å². The fourth-order valence-electron chi connectivity index (χ4n) is 1.95. The van der Waals surface area contributed by atoms with Gasteiger partial charge in [-0.2, -0.15) is 0 Å². The molecule has 2 aromatic heterocycles. The van der Waals surface area contributed by atoms with Crippen molar-refractivity contribution in [2.45, 2.75) is 26.8 Å². The third kappa shape index (κ3) is 3.52. The molecule has 19 heavy (non-hydrogen) atoms. The number of rotatable bonds is 5. The van der Waals surface area contributed by atoms with Crippen molar-refractivity contribution in [2.75, 3.05) is 18.5 Å². The van der Waals surface area contributed by atoms with Gasteiger partial charge in [-0.1, -0.05) is 0 Å². The zero-order valence-corrected chi connectivity index (χ0v) is 12.5. The van der Waals surface area contributed by atoms with Gasteiger partial charge < -0.3 is 10.6 Å². The number of nitrogens with two attached hydrogens (primary N) is 1. The summed E-state index contributed by atoms with van der Waals surface area (Å²) in [5, 5.41) is 2.13. The van der Waals surface area contributed by atoms with E-state index in [1.54, 1.807) is 11.3 Å². The Bertz CT molecular complexity index is 550. The Labute approximate surface area is 118 Å². The van der Waals surface area contributed by atoms with Crippen LogP contribution < -0.4 is 10.6 Å². The third-order valence-corrected chi connectivity index (χ3v) is 4.03. The second-order valence-corrected chi connectivity index (χ2v) is 5.69. The molecule has 102 valence electrons. The van der Waals surface area contributed by atoms with Gasteiger partial charge in [-0.25, -0.2) is 9.97 Å². The average molecular weight is 276 g/mol. The lowest BCUT2D eigenvalue weighted by Gasteiger charge is -2.19. The third-order valence-electron chi connectivity index (χ3n) is 3.02. The first kappa shape index (κ1) is 14.0. The van der Waals surface area contributed by atoms with Crippen molar-refractivity contribution in [1.29, 1.82) is 0 Å². The van der Waals surface area contributed by atoms with E-state index in [0.29, 0.717) is 6.54 Å². The van der Waals surface area contributed by atoms with Gasteiger partial charge in [-0.15, -0.1) is 11.3 Å². The van der Waals surface area contributed by atoms with Crippen molar-refractivity contribution in [2.24, 2.45) is 5.73 Å². The lowest BCUT2D eigenvalue weighted by Crippen LogP contribution is -2.19. The van der Waals surface area contributed by atoms with E-state index in [0.717, 1.165) is 30.3 Å². The Kier molecular flexibility index (Phi) is 4.50. The Hall–Kier alpha value is -1.46. The largest absolute Gasteiger partial charge is 0.354 e. The van der Waals surface area contributed by atoms with Crippen LogP contribution in [0, 0.1) is 13.8 Å². The molecule has 0 aliphatic rings. The van der Waals surface area contributed by atoms with Gasteiger partial charge in [0.1, 0.15) is 11.6 Å². The monoisotopic (exact) mass is 276 g/mol. The predicted octanol–water partition coefficient (Wildman–Crippen LogP) is 2.29. The maximum absolute atomic E-state index is 5.59. The van der Waals surface area contributed by atoms with Gasteiger partial charge in [-0.05, 0) is 37.4 Å². The summed E-state index contributed by atoms with van der Waals surface area (Å²) in [5.74, 6) is 1.76. The van der Waals surface area contributed by atoms with Crippen molar-refractivity contribution in [1.82, 2.24) is 9.97 Å². The molecule has 4 nitrogen and oxygen atoms in total. The van der Waals surface area contributed by atoms with Crippen LogP contribution in [0.2, 0.25) is 0 Å². The summed E-state index contributed by atoms with van der Waals surface area (Å²) in [7, 11) is 2.06. The van der Waals surface area contributed by atoms with Crippen LogP contribution in [0.15, 0.2) is 17.5 Å². The normalized spacial score (nSPS) is 10.7. The van der Waals surface area contributed by atoms with Crippen molar-refractivity contribution in [3.63, 3.8) is 0 Å². The molecule has 0 saturated carbocycles. The summed E-state index contributed by atoms with van der Waals surface area (Å²) in [6, 6.07) is 4.18. The molecule has 0 saturated heterocycles. The second-order valence-electron chi connectivity index (χ2n) is 4.69. The van der Waals surface area contributed by atoms with E-state index in [1.165, 1.54) is 10.4 Å². The van der Waals surface area contributed by atoms with Crippen molar-refractivity contribution < 1.29 is 0 Å². The molecule has 0 atom stereocenters. The molecule has 2 N–H and O–H groups in total. The number of anilines is 1. The first-order chi connectivity index (χ1) is 9.10. The lowest BCUT2D eigenvalue weighted by atomic mass is 10.2. The maximum Gasteiger partial charge on any atom is 0.132 e. The van der Waals surface area contributed by atoms with E-state index in [4.69, 9.17) is 5.73 Å². The summed E-state index contributed by atoms with van der Waals surface area (Å²) in [4.78, 5) is 12.4. The van der Waals surface area contributed by atoms with Gasteiger partial charge in [0.05, 0.1) is 6.54 Å². The van der Waals surface area contributed by atoms with Crippen LogP contribution in [0.25, 0.3) is 0 Å². The molecule has 0 fully saturated rings. The average Bonchev–Trinajstić information content (AvgIpc) is 2.75. The quantitative estimate of drug-likeness (QED) is 0.910. The van der Waals surface area contributed by atoms with Crippen LogP contribution in [0.5, 0.6) is 0 Å². The molecule has 0 amide bonds. The highest BCUT2D eigenvalue weighted by Crippen LogP contribution is 2.20. The van der Waals surface area contributed by atoms with Crippen LogP contribution >= 0.6 is 11.3 Å². The maximum atomic E-state index is 5.59. The Morgan fingerprint density at radius 3 is 2.74 bits per heavy atom. The number of thiophene rings is 1. The van der Waals surface area contributed by atoms with Crippen molar-refractivity contribution >= 4 is 17.2 Å². The summed E-state index contributed by atoms with van der Waals surface area (Å²) < 4.78 is 0. The molecule has 2 heterocycles. The van der Waals surface area contributed by atoms with E-state index in [-0.39, 0.29) is 0 Å². The molecule has 0 bridgehead atoms. The second kappa shape index (κ2) is 6.12. The molecule has 2 rings (SSSR count). The highest BCUT2D eigenvalue weighted by Gasteiger charge is 2.09. The summed E-state index contributed by atoms with van der Waals surface area (Å²) >= 11 is 1.79. The minimum atomic E-state index is 0.615. The van der Waals surface area contributed by atoms with Crippen LogP contribution in [-0.4, -0.2) is 23.6 Å².